The van der Waals surface area contributed by atoms with E-state index in [1.807, 2.05) is 24.3 Å². The summed E-state index contributed by atoms with van der Waals surface area (Å²) < 4.78 is 27.1. The summed E-state index contributed by atoms with van der Waals surface area (Å²) in [5, 5.41) is 0.406. The maximum atomic E-state index is 12.4. The van der Waals surface area contributed by atoms with Crippen molar-refractivity contribution >= 4 is 37.6 Å². The highest BCUT2D eigenvalue weighted by atomic mass is 79.9. The maximum absolute atomic E-state index is 12.4. The number of hydrogen-bond acceptors (Lipinski definition) is 2. The molecule has 0 aliphatic rings. The number of sulfonamides is 1. The van der Waals surface area contributed by atoms with Gasteiger partial charge in [0, 0.05) is 23.1 Å². The zero-order valence-electron chi connectivity index (χ0n) is 10.8. The molecule has 0 saturated heterocycles. The van der Waals surface area contributed by atoms with Crippen LogP contribution in [0.15, 0.2) is 57.9 Å². The molecule has 0 radical (unpaired) electrons. The van der Waals surface area contributed by atoms with E-state index in [9.17, 15) is 8.42 Å². The number of rotatable bonds is 4. The number of nitrogens with zero attached hydrogens (tertiary/aromatic N) is 1. The molecule has 0 atom stereocenters. The summed E-state index contributed by atoms with van der Waals surface area (Å²) in [6.07, 6.45) is 0. The van der Waals surface area contributed by atoms with Gasteiger partial charge in [-0.05, 0) is 35.9 Å². The molecule has 2 aromatic carbocycles. The van der Waals surface area contributed by atoms with Crippen LogP contribution < -0.4 is 0 Å². The van der Waals surface area contributed by atoms with Gasteiger partial charge in [-0.3, -0.25) is 0 Å². The molecule has 0 spiro atoms. The fourth-order valence-corrected chi connectivity index (χ4v) is 3.46. The van der Waals surface area contributed by atoms with E-state index in [-0.39, 0.29) is 4.90 Å². The molecule has 0 aliphatic heterocycles. The van der Waals surface area contributed by atoms with E-state index in [0.717, 1.165) is 10.0 Å². The van der Waals surface area contributed by atoms with E-state index in [4.69, 9.17) is 11.6 Å². The molecule has 0 aliphatic carbocycles. The van der Waals surface area contributed by atoms with Crippen molar-refractivity contribution in [1.82, 2.24) is 4.31 Å². The Morgan fingerprint density at radius 2 is 1.80 bits per heavy atom. The Morgan fingerprint density at radius 1 is 1.15 bits per heavy atom. The second kappa shape index (κ2) is 6.26. The first-order valence-corrected chi connectivity index (χ1v) is 8.47. The second-order valence-corrected chi connectivity index (χ2v) is 7.74. The first-order chi connectivity index (χ1) is 9.39. The highest BCUT2D eigenvalue weighted by Crippen LogP contribution is 2.20. The minimum atomic E-state index is -3.53. The Hall–Kier alpha value is -0.880. The van der Waals surface area contributed by atoms with Crippen molar-refractivity contribution in [3.63, 3.8) is 0 Å². The molecule has 20 heavy (non-hydrogen) atoms. The maximum Gasteiger partial charge on any atom is 0.243 e. The summed E-state index contributed by atoms with van der Waals surface area (Å²) in [5.41, 5.74) is 0.918. The Kier molecular flexibility index (Phi) is 4.86. The highest BCUT2D eigenvalue weighted by molar-refractivity contribution is 9.10. The molecule has 0 N–H and O–H groups in total. The van der Waals surface area contributed by atoms with Crippen molar-refractivity contribution in [3.05, 3.63) is 63.6 Å². The quantitative estimate of drug-likeness (QED) is 0.813. The first-order valence-electron chi connectivity index (χ1n) is 5.86. The standard InChI is InChI=1S/C14H13BrClNO2S/c1-17(10-11-5-7-12(15)8-6-11)20(18,19)14-4-2-3-13(16)9-14/h2-9H,10H2,1H3. The predicted octanol–water partition coefficient (Wildman–Crippen LogP) is 3.92. The average Bonchev–Trinajstić information content (AvgIpc) is 2.41. The van der Waals surface area contributed by atoms with E-state index in [1.54, 1.807) is 25.2 Å². The molecule has 3 nitrogen and oxygen atoms in total. The van der Waals surface area contributed by atoms with Gasteiger partial charge in [0.1, 0.15) is 0 Å². The van der Waals surface area contributed by atoms with Gasteiger partial charge in [-0.2, -0.15) is 4.31 Å². The summed E-state index contributed by atoms with van der Waals surface area (Å²) >= 11 is 9.19. The zero-order chi connectivity index (χ0) is 14.8. The number of halogens is 2. The van der Waals surface area contributed by atoms with Crippen molar-refractivity contribution in [2.24, 2.45) is 0 Å². The van der Waals surface area contributed by atoms with Gasteiger partial charge in [0.15, 0.2) is 0 Å². The third kappa shape index (κ3) is 3.61. The van der Waals surface area contributed by atoms with Crippen LogP contribution in [0.2, 0.25) is 5.02 Å². The van der Waals surface area contributed by atoms with Crippen LogP contribution in [0.25, 0.3) is 0 Å². The molecule has 0 unspecified atom stereocenters. The zero-order valence-corrected chi connectivity index (χ0v) is 13.9. The van der Waals surface area contributed by atoms with Gasteiger partial charge in [0.05, 0.1) is 4.90 Å². The van der Waals surface area contributed by atoms with Crippen LogP contribution in [0.3, 0.4) is 0 Å². The van der Waals surface area contributed by atoms with Gasteiger partial charge < -0.3 is 0 Å². The van der Waals surface area contributed by atoms with Crippen LogP contribution in [-0.2, 0) is 16.6 Å². The summed E-state index contributed by atoms with van der Waals surface area (Å²) in [4.78, 5) is 0.199. The Labute approximate surface area is 132 Å². The molecule has 0 fully saturated rings. The lowest BCUT2D eigenvalue weighted by Crippen LogP contribution is -2.26. The summed E-state index contributed by atoms with van der Waals surface area (Å²) in [5.74, 6) is 0. The normalized spacial score (nSPS) is 11.8. The van der Waals surface area contributed by atoms with Gasteiger partial charge in [-0.15, -0.1) is 0 Å². The van der Waals surface area contributed by atoms with Gasteiger partial charge in [0.25, 0.3) is 0 Å². The number of benzene rings is 2. The molecule has 0 amide bonds. The molecular weight excluding hydrogens is 362 g/mol. The molecule has 2 aromatic rings. The minimum absolute atomic E-state index is 0.199. The Bertz CT molecular complexity index is 701. The largest absolute Gasteiger partial charge is 0.243 e. The van der Waals surface area contributed by atoms with Crippen molar-refractivity contribution in [2.75, 3.05) is 7.05 Å². The Morgan fingerprint density at radius 3 is 2.40 bits per heavy atom. The van der Waals surface area contributed by atoms with Crippen molar-refractivity contribution in [3.8, 4) is 0 Å². The van der Waals surface area contributed by atoms with Gasteiger partial charge in [-0.1, -0.05) is 45.7 Å². The third-order valence-electron chi connectivity index (χ3n) is 2.82. The fourth-order valence-electron chi connectivity index (χ4n) is 1.74. The molecule has 0 aromatic heterocycles. The number of hydrogen-bond donors (Lipinski definition) is 0. The van der Waals surface area contributed by atoms with Crippen LogP contribution in [0, 0.1) is 0 Å². The second-order valence-electron chi connectivity index (χ2n) is 4.34. The van der Waals surface area contributed by atoms with E-state index < -0.39 is 10.0 Å². The van der Waals surface area contributed by atoms with Crippen LogP contribution in [0.5, 0.6) is 0 Å². The monoisotopic (exact) mass is 373 g/mol. The van der Waals surface area contributed by atoms with Gasteiger partial charge in [0.2, 0.25) is 10.0 Å². The summed E-state index contributed by atoms with van der Waals surface area (Å²) in [7, 11) is -1.98. The van der Waals surface area contributed by atoms with Crippen LogP contribution in [0.1, 0.15) is 5.56 Å². The highest BCUT2D eigenvalue weighted by Gasteiger charge is 2.20. The van der Waals surface area contributed by atoms with Gasteiger partial charge in [-0.25, -0.2) is 8.42 Å². The Balaban J connectivity index is 2.23. The van der Waals surface area contributed by atoms with E-state index in [0.29, 0.717) is 11.6 Å². The van der Waals surface area contributed by atoms with Crippen molar-refractivity contribution < 1.29 is 8.42 Å². The minimum Gasteiger partial charge on any atom is -0.207 e. The smallest absolute Gasteiger partial charge is 0.207 e. The van der Waals surface area contributed by atoms with E-state index in [2.05, 4.69) is 15.9 Å². The van der Waals surface area contributed by atoms with Gasteiger partial charge >= 0.3 is 0 Å². The molecule has 0 saturated carbocycles. The fraction of sp³-hybridized carbons (Fsp3) is 0.143. The van der Waals surface area contributed by atoms with Crippen LogP contribution >= 0.6 is 27.5 Å². The van der Waals surface area contributed by atoms with Crippen molar-refractivity contribution in [1.29, 1.82) is 0 Å². The lowest BCUT2D eigenvalue weighted by atomic mass is 10.2. The van der Waals surface area contributed by atoms with E-state index >= 15 is 0 Å². The molecular formula is C14H13BrClNO2S. The topological polar surface area (TPSA) is 37.4 Å². The lowest BCUT2D eigenvalue weighted by molar-refractivity contribution is 0.466. The van der Waals surface area contributed by atoms with Crippen LogP contribution in [0.4, 0.5) is 0 Å². The lowest BCUT2D eigenvalue weighted by Gasteiger charge is -2.17. The SMILES string of the molecule is CN(Cc1ccc(Br)cc1)S(=O)(=O)c1cccc(Cl)c1. The predicted molar refractivity (Wildman–Crippen MR) is 84.2 cm³/mol. The summed E-state index contributed by atoms with van der Waals surface area (Å²) in [6, 6.07) is 13.8. The third-order valence-corrected chi connectivity index (χ3v) is 5.39. The molecule has 0 heterocycles. The first kappa shape index (κ1) is 15.5. The molecule has 0 bridgehead atoms. The molecule has 106 valence electrons. The average molecular weight is 375 g/mol. The van der Waals surface area contributed by atoms with E-state index in [1.165, 1.54) is 10.4 Å². The van der Waals surface area contributed by atoms with Crippen LogP contribution in [-0.4, -0.2) is 19.8 Å². The summed E-state index contributed by atoms with van der Waals surface area (Å²) in [6.45, 7) is 0.308. The molecule has 2 rings (SSSR count). The molecule has 6 heteroatoms. The van der Waals surface area contributed by atoms with Crippen molar-refractivity contribution in [2.45, 2.75) is 11.4 Å².